The topological polar surface area (TPSA) is 26.3 Å². The summed E-state index contributed by atoms with van der Waals surface area (Å²) in [7, 11) is 0. The summed E-state index contributed by atoms with van der Waals surface area (Å²) >= 11 is 0. The molecule has 0 unspecified atom stereocenters. The summed E-state index contributed by atoms with van der Waals surface area (Å²) in [5.74, 6) is -0.0913. The Morgan fingerprint density at radius 2 is 2.00 bits per heavy atom. The fourth-order valence-corrected chi connectivity index (χ4v) is 1.69. The lowest BCUT2D eigenvalue weighted by Crippen LogP contribution is -2.21. The SMILES string of the molecule is C[C@@]1(c2ccccc2)COC(=O)C1. The lowest BCUT2D eigenvalue weighted by atomic mass is 9.82. The minimum atomic E-state index is -0.113. The van der Waals surface area contributed by atoms with Gasteiger partial charge in [-0.2, -0.15) is 0 Å². The van der Waals surface area contributed by atoms with Crippen molar-refractivity contribution in [3.63, 3.8) is 0 Å². The van der Waals surface area contributed by atoms with E-state index in [1.165, 1.54) is 5.56 Å². The van der Waals surface area contributed by atoms with Gasteiger partial charge in [0, 0.05) is 5.41 Å². The van der Waals surface area contributed by atoms with Gasteiger partial charge in [-0.3, -0.25) is 4.79 Å². The van der Waals surface area contributed by atoms with Crippen molar-refractivity contribution in [1.82, 2.24) is 0 Å². The second-order valence-electron chi connectivity index (χ2n) is 3.76. The van der Waals surface area contributed by atoms with Crippen LogP contribution in [0.25, 0.3) is 0 Å². The summed E-state index contributed by atoms with van der Waals surface area (Å²) in [5.41, 5.74) is 1.07. The van der Waals surface area contributed by atoms with E-state index in [0.29, 0.717) is 13.0 Å². The summed E-state index contributed by atoms with van der Waals surface area (Å²) < 4.78 is 4.98. The molecule has 1 aliphatic heterocycles. The second-order valence-corrected chi connectivity index (χ2v) is 3.76. The van der Waals surface area contributed by atoms with E-state index in [9.17, 15) is 4.79 Å². The van der Waals surface area contributed by atoms with Gasteiger partial charge in [-0.25, -0.2) is 0 Å². The first-order valence-corrected chi connectivity index (χ1v) is 4.42. The van der Waals surface area contributed by atoms with E-state index in [4.69, 9.17) is 4.74 Å². The molecule has 1 aliphatic rings. The molecule has 1 atom stereocenters. The van der Waals surface area contributed by atoms with E-state index < -0.39 is 0 Å². The van der Waals surface area contributed by atoms with Crippen LogP contribution in [0.5, 0.6) is 0 Å². The standard InChI is InChI=1S/C11H12O2/c1-11(7-10(12)13-8-11)9-5-3-2-4-6-9/h2-6H,7-8H2,1H3/t11-/m0/s1. The number of esters is 1. The molecule has 68 valence electrons. The number of carbonyl (C=O) groups excluding carboxylic acids is 1. The lowest BCUT2D eigenvalue weighted by molar-refractivity contribution is -0.137. The predicted octanol–water partition coefficient (Wildman–Crippen LogP) is 1.89. The zero-order chi connectivity index (χ0) is 9.31. The molecule has 0 radical (unpaired) electrons. The van der Waals surface area contributed by atoms with E-state index >= 15 is 0 Å². The third kappa shape index (κ3) is 1.44. The third-order valence-electron chi connectivity index (χ3n) is 2.56. The van der Waals surface area contributed by atoms with E-state index in [2.05, 4.69) is 6.92 Å². The van der Waals surface area contributed by atoms with Crippen molar-refractivity contribution in [3.05, 3.63) is 35.9 Å². The Morgan fingerprint density at radius 3 is 2.54 bits per heavy atom. The highest BCUT2D eigenvalue weighted by atomic mass is 16.5. The van der Waals surface area contributed by atoms with Crippen LogP contribution in [0, 0.1) is 0 Å². The average Bonchev–Trinajstić information content (AvgIpc) is 2.49. The number of carbonyl (C=O) groups is 1. The van der Waals surface area contributed by atoms with Crippen LogP contribution >= 0.6 is 0 Å². The number of rotatable bonds is 1. The molecule has 1 saturated heterocycles. The highest BCUT2D eigenvalue weighted by Crippen LogP contribution is 2.32. The Balaban J connectivity index is 2.31. The largest absolute Gasteiger partial charge is 0.465 e. The molecule has 0 saturated carbocycles. The molecule has 0 spiro atoms. The predicted molar refractivity (Wildman–Crippen MR) is 49.4 cm³/mol. The minimum absolute atomic E-state index is 0.0913. The number of hydrogen-bond acceptors (Lipinski definition) is 2. The van der Waals surface area contributed by atoms with Gasteiger partial charge < -0.3 is 4.74 Å². The van der Waals surface area contributed by atoms with Crippen molar-refractivity contribution in [2.75, 3.05) is 6.61 Å². The van der Waals surface area contributed by atoms with Gasteiger partial charge in [0.05, 0.1) is 6.42 Å². The van der Waals surface area contributed by atoms with Gasteiger partial charge in [0.1, 0.15) is 6.61 Å². The lowest BCUT2D eigenvalue weighted by Gasteiger charge is -2.19. The Kier molecular flexibility index (Phi) is 1.83. The zero-order valence-electron chi connectivity index (χ0n) is 7.62. The molecule has 1 heterocycles. The number of cyclic esters (lactones) is 1. The molecule has 0 aliphatic carbocycles. The summed E-state index contributed by atoms with van der Waals surface area (Å²) in [6.45, 7) is 2.57. The molecule has 0 amide bonds. The van der Waals surface area contributed by atoms with Crippen LogP contribution in [-0.2, 0) is 14.9 Å². The maximum Gasteiger partial charge on any atom is 0.306 e. The molecule has 1 aromatic carbocycles. The van der Waals surface area contributed by atoms with Crippen LogP contribution in [0.15, 0.2) is 30.3 Å². The zero-order valence-corrected chi connectivity index (χ0v) is 7.62. The first kappa shape index (κ1) is 8.30. The number of benzene rings is 1. The van der Waals surface area contributed by atoms with Crippen LogP contribution in [0.4, 0.5) is 0 Å². The number of ether oxygens (including phenoxy) is 1. The monoisotopic (exact) mass is 176 g/mol. The molecular formula is C11H12O2. The van der Waals surface area contributed by atoms with Gasteiger partial charge >= 0.3 is 5.97 Å². The van der Waals surface area contributed by atoms with Crippen molar-refractivity contribution < 1.29 is 9.53 Å². The average molecular weight is 176 g/mol. The van der Waals surface area contributed by atoms with Gasteiger partial charge in [-0.1, -0.05) is 37.3 Å². The number of hydrogen-bond donors (Lipinski definition) is 0. The summed E-state index contributed by atoms with van der Waals surface area (Å²) in [6, 6.07) is 10.0. The quantitative estimate of drug-likeness (QED) is 0.611. The molecule has 0 aromatic heterocycles. The Bertz CT molecular complexity index is 318. The first-order chi connectivity index (χ1) is 6.21. The Labute approximate surface area is 77.5 Å². The van der Waals surface area contributed by atoms with Crippen LogP contribution in [0.3, 0.4) is 0 Å². The highest BCUT2D eigenvalue weighted by molar-refractivity contribution is 5.74. The molecule has 2 nitrogen and oxygen atoms in total. The fraction of sp³-hybridized carbons (Fsp3) is 0.364. The van der Waals surface area contributed by atoms with Crippen molar-refractivity contribution in [2.24, 2.45) is 0 Å². The summed E-state index contributed by atoms with van der Waals surface area (Å²) in [6.07, 6.45) is 0.497. The third-order valence-corrected chi connectivity index (χ3v) is 2.56. The van der Waals surface area contributed by atoms with Crippen LogP contribution in [-0.4, -0.2) is 12.6 Å². The molecular weight excluding hydrogens is 164 g/mol. The molecule has 1 aromatic rings. The van der Waals surface area contributed by atoms with E-state index in [-0.39, 0.29) is 11.4 Å². The van der Waals surface area contributed by atoms with E-state index in [1.54, 1.807) is 0 Å². The highest BCUT2D eigenvalue weighted by Gasteiger charge is 2.37. The normalized spacial score (nSPS) is 27.3. The van der Waals surface area contributed by atoms with Crippen LogP contribution in [0.2, 0.25) is 0 Å². The van der Waals surface area contributed by atoms with Gasteiger partial charge in [0.15, 0.2) is 0 Å². The molecule has 2 rings (SSSR count). The maximum absolute atomic E-state index is 11.0. The molecule has 2 heteroatoms. The van der Waals surface area contributed by atoms with E-state index in [1.807, 2.05) is 30.3 Å². The molecule has 0 N–H and O–H groups in total. The van der Waals surface area contributed by atoms with Crippen LogP contribution < -0.4 is 0 Å². The van der Waals surface area contributed by atoms with Crippen molar-refractivity contribution in [3.8, 4) is 0 Å². The van der Waals surface area contributed by atoms with Crippen LogP contribution in [0.1, 0.15) is 18.9 Å². The molecule has 13 heavy (non-hydrogen) atoms. The smallest absolute Gasteiger partial charge is 0.306 e. The van der Waals surface area contributed by atoms with Gasteiger partial charge in [-0.15, -0.1) is 0 Å². The minimum Gasteiger partial charge on any atom is -0.465 e. The summed E-state index contributed by atoms with van der Waals surface area (Å²) in [5, 5.41) is 0. The Hall–Kier alpha value is -1.31. The molecule has 0 bridgehead atoms. The second kappa shape index (κ2) is 2.87. The molecule has 1 fully saturated rings. The Morgan fingerprint density at radius 1 is 1.31 bits per heavy atom. The van der Waals surface area contributed by atoms with Crippen molar-refractivity contribution in [1.29, 1.82) is 0 Å². The van der Waals surface area contributed by atoms with Gasteiger partial charge in [0.2, 0.25) is 0 Å². The maximum atomic E-state index is 11.0. The van der Waals surface area contributed by atoms with Gasteiger partial charge in [-0.05, 0) is 5.56 Å². The van der Waals surface area contributed by atoms with Crippen molar-refractivity contribution >= 4 is 5.97 Å². The van der Waals surface area contributed by atoms with E-state index in [0.717, 1.165) is 0 Å². The summed E-state index contributed by atoms with van der Waals surface area (Å²) in [4.78, 5) is 11.0. The fourth-order valence-electron chi connectivity index (χ4n) is 1.69. The van der Waals surface area contributed by atoms with Crippen molar-refractivity contribution in [2.45, 2.75) is 18.8 Å². The van der Waals surface area contributed by atoms with Gasteiger partial charge in [0.25, 0.3) is 0 Å². The first-order valence-electron chi connectivity index (χ1n) is 4.42.